The van der Waals surface area contributed by atoms with Gasteiger partial charge in [0.1, 0.15) is 0 Å². The molecule has 0 aliphatic rings. The number of imidazole rings is 1. The lowest BCUT2D eigenvalue weighted by atomic mass is 9.99. The summed E-state index contributed by atoms with van der Waals surface area (Å²) in [6.07, 6.45) is -0.0876. The maximum atomic E-state index is 13.2. The van der Waals surface area contributed by atoms with Crippen LogP contribution in [0.5, 0.6) is 0 Å². The molecule has 9 nitrogen and oxygen atoms in total. The second-order valence-corrected chi connectivity index (χ2v) is 8.34. The fourth-order valence-electron chi connectivity index (χ4n) is 4.13. The monoisotopic (exact) mass is 486 g/mol. The minimum absolute atomic E-state index is 0.376. The van der Waals surface area contributed by atoms with E-state index in [1.54, 1.807) is 60.9 Å². The molecule has 1 aromatic heterocycles. The fraction of sp³-hybridized carbons (Fsp3) is 0.222. The van der Waals surface area contributed by atoms with Gasteiger partial charge in [0.2, 0.25) is 0 Å². The molecule has 3 aromatic carbocycles. The first kappa shape index (κ1) is 24.9. The van der Waals surface area contributed by atoms with Gasteiger partial charge in [-0.2, -0.15) is 0 Å². The van der Waals surface area contributed by atoms with Gasteiger partial charge in [-0.25, -0.2) is 15.8 Å². The zero-order valence-corrected chi connectivity index (χ0v) is 20.3. The smallest absolute Gasteiger partial charge is 0.272 e. The number of H-pyrrole nitrogens is 1. The van der Waals surface area contributed by atoms with Crippen molar-refractivity contribution >= 4 is 34.2 Å². The van der Waals surface area contributed by atoms with Crippen LogP contribution in [0.4, 0.5) is 11.4 Å². The quantitative estimate of drug-likeness (QED) is 0.164. The molecule has 4 aromatic rings. The molecule has 0 aliphatic carbocycles. The summed E-state index contributed by atoms with van der Waals surface area (Å²) in [5.41, 5.74) is 3.80. The Morgan fingerprint density at radius 1 is 1.00 bits per heavy atom. The Hall–Kier alpha value is -4.21. The molecule has 0 radical (unpaired) electrons. The van der Waals surface area contributed by atoms with E-state index in [0.29, 0.717) is 22.3 Å². The summed E-state index contributed by atoms with van der Waals surface area (Å²) in [6.45, 7) is 5.85. The molecule has 0 aliphatic heterocycles. The predicted octanol–water partition coefficient (Wildman–Crippen LogP) is 3.15. The third kappa shape index (κ3) is 5.22. The predicted molar refractivity (Wildman–Crippen MR) is 140 cm³/mol. The van der Waals surface area contributed by atoms with Crippen LogP contribution in [0.2, 0.25) is 0 Å². The van der Waals surface area contributed by atoms with Crippen LogP contribution in [0, 0.1) is 0 Å². The first-order valence-corrected chi connectivity index (χ1v) is 11.8. The second-order valence-electron chi connectivity index (χ2n) is 8.34. The molecule has 1 heterocycles. The van der Waals surface area contributed by atoms with Crippen LogP contribution in [-0.4, -0.2) is 46.1 Å². The van der Waals surface area contributed by atoms with Crippen molar-refractivity contribution in [2.45, 2.75) is 26.0 Å². The summed E-state index contributed by atoms with van der Waals surface area (Å²) < 4.78 is 0. The lowest BCUT2D eigenvalue weighted by Gasteiger charge is -2.27. The number of aromatic nitrogens is 2. The van der Waals surface area contributed by atoms with Crippen LogP contribution in [-0.2, 0) is 4.79 Å². The van der Waals surface area contributed by atoms with E-state index in [0.717, 1.165) is 29.3 Å². The summed E-state index contributed by atoms with van der Waals surface area (Å²) in [5, 5.41) is 14.8. The first-order chi connectivity index (χ1) is 17.4. The first-order valence-electron chi connectivity index (χ1n) is 11.8. The highest BCUT2D eigenvalue weighted by molar-refractivity contribution is 5.99. The van der Waals surface area contributed by atoms with Crippen molar-refractivity contribution in [3.63, 3.8) is 0 Å². The normalized spacial score (nSPS) is 12.7. The van der Waals surface area contributed by atoms with Crippen LogP contribution in [0.25, 0.3) is 11.0 Å². The lowest BCUT2D eigenvalue weighted by Crippen LogP contribution is -2.50. The van der Waals surface area contributed by atoms with Crippen molar-refractivity contribution in [1.29, 1.82) is 0 Å². The SMILES string of the molecule is CCN(CC)c1ccc(C(=O)NC(c2ccccc2)C(O)C(=O)N(N)c2ccc3nc[nH]c3c2)cc1. The summed E-state index contributed by atoms with van der Waals surface area (Å²) in [4.78, 5) is 35.6. The van der Waals surface area contributed by atoms with Gasteiger partial charge in [0.25, 0.3) is 11.8 Å². The fourth-order valence-corrected chi connectivity index (χ4v) is 4.13. The second kappa shape index (κ2) is 11.0. The summed E-state index contributed by atoms with van der Waals surface area (Å²) >= 11 is 0. The van der Waals surface area contributed by atoms with Crippen molar-refractivity contribution < 1.29 is 14.7 Å². The summed E-state index contributed by atoms with van der Waals surface area (Å²) in [7, 11) is 0. The Balaban J connectivity index is 1.56. The summed E-state index contributed by atoms with van der Waals surface area (Å²) in [5.74, 6) is 4.92. The average molecular weight is 487 g/mol. The van der Waals surface area contributed by atoms with Crippen molar-refractivity contribution in [3.8, 4) is 0 Å². The van der Waals surface area contributed by atoms with Crippen LogP contribution >= 0.6 is 0 Å². The number of anilines is 2. The molecule has 5 N–H and O–H groups in total. The highest BCUT2D eigenvalue weighted by Crippen LogP contribution is 2.23. The van der Waals surface area contributed by atoms with Gasteiger partial charge in [0, 0.05) is 24.3 Å². The van der Waals surface area contributed by atoms with E-state index in [-0.39, 0.29) is 0 Å². The molecule has 2 unspecified atom stereocenters. The number of carbonyl (C=O) groups is 2. The third-order valence-corrected chi connectivity index (χ3v) is 6.19. The minimum Gasteiger partial charge on any atom is -0.381 e. The number of hydrogen-bond acceptors (Lipinski definition) is 6. The molecular weight excluding hydrogens is 456 g/mol. The molecular formula is C27H30N6O3. The Kier molecular flexibility index (Phi) is 7.62. The van der Waals surface area contributed by atoms with Gasteiger partial charge in [0.05, 0.1) is 29.1 Å². The maximum absolute atomic E-state index is 13.2. The average Bonchev–Trinajstić information content (AvgIpc) is 3.40. The number of aliphatic hydroxyl groups is 1. The minimum atomic E-state index is -1.63. The van der Waals surface area contributed by atoms with Gasteiger partial charge >= 0.3 is 0 Å². The van der Waals surface area contributed by atoms with Gasteiger partial charge in [0.15, 0.2) is 6.10 Å². The van der Waals surface area contributed by atoms with E-state index in [1.807, 2.05) is 18.2 Å². The largest absolute Gasteiger partial charge is 0.381 e. The van der Waals surface area contributed by atoms with Gasteiger partial charge in [-0.3, -0.25) is 9.59 Å². The Bertz CT molecular complexity index is 1320. The number of aliphatic hydroxyl groups excluding tert-OH is 1. The van der Waals surface area contributed by atoms with Crippen molar-refractivity contribution in [1.82, 2.24) is 15.3 Å². The molecule has 0 fully saturated rings. The van der Waals surface area contributed by atoms with E-state index < -0.39 is 24.0 Å². The summed E-state index contributed by atoms with van der Waals surface area (Å²) in [6, 6.07) is 20.1. The molecule has 0 saturated heterocycles. The molecule has 0 bridgehead atoms. The highest BCUT2D eigenvalue weighted by Gasteiger charge is 2.32. The molecule has 9 heteroatoms. The number of nitrogens with two attached hydrogens (primary N) is 1. The number of benzene rings is 3. The number of nitrogens with zero attached hydrogens (tertiary/aromatic N) is 3. The number of nitrogens with one attached hydrogen (secondary N) is 2. The zero-order chi connectivity index (χ0) is 25.7. The molecule has 186 valence electrons. The maximum Gasteiger partial charge on any atom is 0.272 e. The molecule has 2 atom stereocenters. The molecule has 0 saturated carbocycles. The van der Waals surface area contributed by atoms with Gasteiger partial charge in [-0.15, -0.1) is 0 Å². The van der Waals surface area contributed by atoms with Gasteiger partial charge < -0.3 is 20.3 Å². The van der Waals surface area contributed by atoms with E-state index in [1.165, 1.54) is 0 Å². The van der Waals surface area contributed by atoms with E-state index in [4.69, 9.17) is 5.84 Å². The number of hydrogen-bond donors (Lipinski definition) is 4. The van der Waals surface area contributed by atoms with Gasteiger partial charge in [-0.1, -0.05) is 30.3 Å². The van der Waals surface area contributed by atoms with Crippen molar-refractivity contribution in [2.24, 2.45) is 5.84 Å². The number of amides is 2. The van der Waals surface area contributed by atoms with Crippen LogP contribution in [0.1, 0.15) is 35.8 Å². The Morgan fingerprint density at radius 3 is 2.33 bits per heavy atom. The Morgan fingerprint density at radius 2 is 1.67 bits per heavy atom. The van der Waals surface area contributed by atoms with Gasteiger partial charge in [-0.05, 0) is 61.9 Å². The standard InChI is InChI=1S/C27H30N6O3/c1-3-32(4-2)20-12-10-19(11-13-20)26(35)31-24(18-8-6-5-7-9-18)25(34)27(36)33(28)21-14-15-22-23(16-21)30-17-29-22/h5-17,24-25,34H,3-4,28H2,1-2H3,(H,29,30)(H,31,35). The van der Waals surface area contributed by atoms with Crippen LogP contribution < -0.4 is 21.1 Å². The molecule has 4 rings (SSSR count). The number of fused-ring (bicyclic) bond motifs is 1. The van der Waals surface area contributed by atoms with E-state index in [9.17, 15) is 14.7 Å². The van der Waals surface area contributed by atoms with E-state index in [2.05, 4.69) is 34.0 Å². The molecule has 36 heavy (non-hydrogen) atoms. The van der Waals surface area contributed by atoms with Crippen LogP contribution in [0.15, 0.2) is 79.1 Å². The number of carbonyl (C=O) groups excluding carboxylic acids is 2. The number of aromatic amines is 1. The number of rotatable bonds is 9. The molecule has 0 spiro atoms. The van der Waals surface area contributed by atoms with E-state index >= 15 is 0 Å². The topological polar surface area (TPSA) is 128 Å². The third-order valence-electron chi connectivity index (χ3n) is 6.19. The molecule has 2 amide bonds. The lowest BCUT2D eigenvalue weighted by molar-refractivity contribution is -0.128. The van der Waals surface area contributed by atoms with Crippen LogP contribution in [0.3, 0.4) is 0 Å². The van der Waals surface area contributed by atoms with Crippen molar-refractivity contribution in [3.05, 3.63) is 90.3 Å². The Labute approximate surface area is 209 Å². The highest BCUT2D eigenvalue weighted by atomic mass is 16.3. The zero-order valence-electron chi connectivity index (χ0n) is 20.3. The van der Waals surface area contributed by atoms with Crippen molar-refractivity contribution in [2.75, 3.05) is 23.0 Å². The number of hydrazine groups is 1.